The summed E-state index contributed by atoms with van der Waals surface area (Å²) in [6.07, 6.45) is -4.44. The fourth-order valence-electron chi connectivity index (χ4n) is 4.20. The molecule has 0 atom stereocenters. The summed E-state index contributed by atoms with van der Waals surface area (Å²) >= 11 is 0. The van der Waals surface area contributed by atoms with Gasteiger partial charge in [0.25, 0.3) is 0 Å². The molecule has 38 heavy (non-hydrogen) atoms. The van der Waals surface area contributed by atoms with Crippen LogP contribution in [0, 0.1) is 0 Å². The number of para-hydroxylation sites is 1. The van der Waals surface area contributed by atoms with Crippen molar-refractivity contribution >= 4 is 16.0 Å². The second-order valence-electron chi connectivity index (χ2n) is 8.41. The maximum absolute atomic E-state index is 13.6. The molecule has 0 saturated heterocycles. The molecule has 0 amide bonds. The average molecular weight is 557 g/mol. The lowest BCUT2D eigenvalue weighted by Crippen LogP contribution is -2.43. The number of carboxylic acids is 1. The highest BCUT2D eigenvalue weighted by atomic mass is 32.2. The maximum atomic E-state index is 13.6. The lowest BCUT2D eigenvalue weighted by molar-refractivity contribution is -0.274. The van der Waals surface area contributed by atoms with E-state index in [9.17, 15) is 40.3 Å². The summed E-state index contributed by atoms with van der Waals surface area (Å²) in [7, 11) is -4.46. The maximum Gasteiger partial charge on any atom is 0.573 e. The molecule has 13 heteroatoms. The van der Waals surface area contributed by atoms with Gasteiger partial charge in [-0.2, -0.15) is 13.1 Å². The van der Waals surface area contributed by atoms with Crippen molar-refractivity contribution in [1.82, 2.24) is 4.31 Å². The molecule has 0 radical (unpaired) electrons. The van der Waals surface area contributed by atoms with Crippen molar-refractivity contribution in [1.29, 1.82) is 0 Å². The Kier molecular flexibility index (Phi) is 7.35. The largest absolute Gasteiger partial charge is 0.573 e. The standard InChI is InChI=1S/C25H20F5NO6S/c26-23(27)36-18-8-10-19(11-9-18)38(34,35)31(15-22(32)33)24(12-13-24)17-5-3-4-16(14-17)20-6-1-2-7-21(20)37-25(28,29)30/h1-11,14,23H,12-13,15H2,(H,32,33). The van der Waals surface area contributed by atoms with Crippen molar-refractivity contribution in [3.8, 4) is 22.6 Å². The Morgan fingerprint density at radius 3 is 2.24 bits per heavy atom. The molecule has 3 aromatic rings. The zero-order valence-electron chi connectivity index (χ0n) is 19.4. The van der Waals surface area contributed by atoms with Gasteiger partial charge in [-0.3, -0.25) is 4.79 Å². The molecule has 4 rings (SSSR count). The van der Waals surface area contributed by atoms with Crippen LogP contribution in [0.2, 0.25) is 0 Å². The van der Waals surface area contributed by atoms with Gasteiger partial charge >= 0.3 is 18.9 Å². The summed E-state index contributed by atoms with van der Waals surface area (Å²) in [5.41, 5.74) is -0.510. The number of carboxylic acid groups (broad SMARTS) is 1. The van der Waals surface area contributed by atoms with Gasteiger partial charge in [0.2, 0.25) is 10.0 Å². The Bertz CT molecular complexity index is 1420. The quantitative estimate of drug-likeness (QED) is 0.326. The van der Waals surface area contributed by atoms with Crippen molar-refractivity contribution in [3.63, 3.8) is 0 Å². The summed E-state index contributed by atoms with van der Waals surface area (Å²) < 4.78 is 100.0. The molecule has 0 aromatic heterocycles. The number of halogens is 5. The van der Waals surface area contributed by atoms with Gasteiger partial charge in [-0.1, -0.05) is 36.4 Å². The Morgan fingerprint density at radius 2 is 1.66 bits per heavy atom. The fourth-order valence-corrected chi connectivity index (χ4v) is 5.97. The summed E-state index contributed by atoms with van der Waals surface area (Å²) in [5.74, 6) is -2.17. The molecule has 0 aliphatic heterocycles. The first-order chi connectivity index (χ1) is 17.8. The third kappa shape index (κ3) is 5.89. The smallest absolute Gasteiger partial charge is 0.480 e. The van der Waals surface area contributed by atoms with Crippen LogP contribution in [0.25, 0.3) is 11.1 Å². The zero-order valence-corrected chi connectivity index (χ0v) is 20.2. The van der Waals surface area contributed by atoms with Gasteiger partial charge in [0, 0.05) is 5.56 Å². The van der Waals surface area contributed by atoms with Crippen LogP contribution in [0.15, 0.2) is 77.7 Å². The molecule has 0 bridgehead atoms. The van der Waals surface area contributed by atoms with E-state index in [0.717, 1.165) is 34.6 Å². The number of hydrogen-bond acceptors (Lipinski definition) is 5. The van der Waals surface area contributed by atoms with Crippen LogP contribution in [0.3, 0.4) is 0 Å². The van der Waals surface area contributed by atoms with E-state index < -0.39 is 46.8 Å². The van der Waals surface area contributed by atoms with Crippen LogP contribution in [0.5, 0.6) is 11.5 Å². The highest BCUT2D eigenvalue weighted by Crippen LogP contribution is 2.53. The highest BCUT2D eigenvalue weighted by molar-refractivity contribution is 7.89. The monoisotopic (exact) mass is 557 g/mol. The summed E-state index contributed by atoms with van der Waals surface area (Å²) in [4.78, 5) is 11.4. The van der Waals surface area contributed by atoms with Gasteiger partial charge in [-0.15, -0.1) is 13.2 Å². The van der Waals surface area contributed by atoms with Crippen LogP contribution < -0.4 is 9.47 Å². The van der Waals surface area contributed by atoms with Gasteiger partial charge < -0.3 is 14.6 Å². The van der Waals surface area contributed by atoms with Crippen LogP contribution in [-0.2, 0) is 20.4 Å². The van der Waals surface area contributed by atoms with Crippen molar-refractivity contribution < 1.29 is 49.7 Å². The van der Waals surface area contributed by atoms with Gasteiger partial charge in [0.05, 0.1) is 10.4 Å². The minimum atomic E-state index is -4.94. The SMILES string of the molecule is O=C(O)CN(C1(c2cccc(-c3ccccc3OC(F)(F)F)c2)CC1)S(=O)(=O)c1ccc(OC(F)F)cc1. The van der Waals surface area contributed by atoms with E-state index in [4.69, 9.17) is 0 Å². The summed E-state index contributed by atoms with van der Waals surface area (Å²) in [5, 5.41) is 9.52. The van der Waals surface area contributed by atoms with Crippen LogP contribution in [0.1, 0.15) is 18.4 Å². The highest BCUT2D eigenvalue weighted by Gasteiger charge is 2.55. The van der Waals surface area contributed by atoms with E-state index >= 15 is 0 Å². The minimum absolute atomic E-state index is 0.102. The molecule has 1 fully saturated rings. The second kappa shape index (κ2) is 10.2. The third-order valence-electron chi connectivity index (χ3n) is 5.94. The van der Waals surface area contributed by atoms with Gasteiger partial charge in [0.1, 0.15) is 18.0 Å². The molecule has 0 unspecified atom stereocenters. The number of benzene rings is 3. The van der Waals surface area contributed by atoms with Gasteiger partial charge in [0.15, 0.2) is 0 Å². The summed E-state index contributed by atoms with van der Waals surface area (Å²) in [6, 6.07) is 15.6. The predicted molar refractivity (Wildman–Crippen MR) is 124 cm³/mol. The minimum Gasteiger partial charge on any atom is -0.480 e. The molecule has 1 aliphatic carbocycles. The number of carbonyl (C=O) groups is 1. The van der Waals surface area contributed by atoms with Crippen LogP contribution in [0.4, 0.5) is 22.0 Å². The van der Waals surface area contributed by atoms with Crippen LogP contribution >= 0.6 is 0 Å². The Labute approximate surface area is 214 Å². The van der Waals surface area contributed by atoms with Crippen molar-refractivity contribution in [2.24, 2.45) is 0 Å². The van der Waals surface area contributed by atoms with E-state index in [1.807, 2.05) is 0 Å². The number of hydrogen-bond donors (Lipinski definition) is 1. The lowest BCUT2D eigenvalue weighted by atomic mass is 9.97. The topological polar surface area (TPSA) is 93.1 Å². The van der Waals surface area contributed by atoms with E-state index in [-0.39, 0.29) is 29.1 Å². The molecule has 1 N–H and O–H groups in total. The molecule has 7 nitrogen and oxygen atoms in total. The van der Waals surface area contributed by atoms with Gasteiger partial charge in [-0.25, -0.2) is 8.42 Å². The van der Waals surface area contributed by atoms with Crippen molar-refractivity contribution in [2.75, 3.05) is 6.54 Å². The third-order valence-corrected chi connectivity index (χ3v) is 7.87. The second-order valence-corrected chi connectivity index (χ2v) is 10.3. The molecule has 1 aliphatic rings. The molecular weight excluding hydrogens is 537 g/mol. The number of aliphatic carboxylic acids is 1. The van der Waals surface area contributed by atoms with Gasteiger partial charge in [-0.05, 0) is 60.4 Å². The van der Waals surface area contributed by atoms with E-state index in [2.05, 4.69) is 9.47 Å². The van der Waals surface area contributed by atoms with Crippen LogP contribution in [-0.4, -0.2) is 43.3 Å². The molecule has 3 aromatic carbocycles. The average Bonchev–Trinajstić information content (AvgIpc) is 3.64. The molecule has 202 valence electrons. The number of nitrogens with zero attached hydrogens (tertiary/aromatic N) is 1. The zero-order chi connectivity index (χ0) is 27.7. The Balaban J connectivity index is 1.74. The first-order valence-corrected chi connectivity index (χ1v) is 12.5. The van der Waals surface area contributed by atoms with E-state index in [1.54, 1.807) is 6.07 Å². The normalized spacial score (nSPS) is 14.9. The van der Waals surface area contributed by atoms with Crippen molar-refractivity contribution in [3.05, 3.63) is 78.4 Å². The predicted octanol–water partition coefficient (Wildman–Crippen LogP) is 5.62. The van der Waals surface area contributed by atoms with E-state index in [1.165, 1.54) is 36.4 Å². The Morgan fingerprint density at radius 1 is 1.00 bits per heavy atom. The first kappa shape index (κ1) is 27.3. The molecule has 0 heterocycles. The summed E-state index contributed by atoms with van der Waals surface area (Å²) in [6.45, 7) is -4.02. The van der Waals surface area contributed by atoms with E-state index in [0.29, 0.717) is 11.1 Å². The molecule has 0 spiro atoms. The Hall–Kier alpha value is -3.71. The number of alkyl halides is 5. The number of ether oxygens (including phenoxy) is 2. The fraction of sp³-hybridized carbons (Fsp3) is 0.240. The number of rotatable bonds is 10. The van der Waals surface area contributed by atoms with Crippen molar-refractivity contribution in [2.45, 2.75) is 36.2 Å². The first-order valence-electron chi connectivity index (χ1n) is 11.1. The molecular formula is C25H20F5NO6S. The molecule has 1 saturated carbocycles. The lowest BCUT2D eigenvalue weighted by Gasteiger charge is -2.30. The number of sulfonamides is 1.